The highest BCUT2D eigenvalue weighted by molar-refractivity contribution is 6.36. The molecule has 0 radical (unpaired) electrons. The number of halogens is 2. The molecule has 9 heteroatoms. The Hall–Kier alpha value is -2.48. The molecule has 0 aromatic heterocycles. The summed E-state index contributed by atoms with van der Waals surface area (Å²) in [6, 6.07) is 9.71. The molecular formula is C23H28Cl2N4O3. The van der Waals surface area contributed by atoms with E-state index in [1.165, 1.54) is 0 Å². The van der Waals surface area contributed by atoms with E-state index in [-0.39, 0.29) is 5.91 Å². The molecule has 7 nitrogen and oxygen atoms in total. The highest BCUT2D eigenvalue weighted by atomic mass is 35.5. The molecular weight excluding hydrogens is 451 g/mol. The lowest BCUT2D eigenvalue weighted by atomic mass is 9.98. The number of carbonyl (C=O) groups is 2. The minimum atomic E-state index is -0.473. The van der Waals surface area contributed by atoms with Crippen molar-refractivity contribution in [1.29, 1.82) is 0 Å². The summed E-state index contributed by atoms with van der Waals surface area (Å²) in [6.07, 6.45) is 2.16. The van der Waals surface area contributed by atoms with Crippen molar-refractivity contribution in [2.45, 2.75) is 19.8 Å². The van der Waals surface area contributed by atoms with Gasteiger partial charge in [-0.1, -0.05) is 30.1 Å². The normalized spacial score (nSPS) is 14.2. The molecule has 3 amide bonds. The fourth-order valence-corrected chi connectivity index (χ4v) is 4.01. The minimum Gasteiger partial charge on any atom is -0.383 e. The third-order valence-corrected chi connectivity index (χ3v) is 5.94. The first kappa shape index (κ1) is 24.2. The van der Waals surface area contributed by atoms with Gasteiger partial charge in [-0.3, -0.25) is 4.79 Å². The zero-order chi connectivity index (χ0) is 23.1. The maximum atomic E-state index is 12.9. The van der Waals surface area contributed by atoms with Crippen LogP contribution in [0.4, 0.5) is 21.9 Å². The number of amides is 3. The van der Waals surface area contributed by atoms with Crippen LogP contribution in [0, 0.1) is 5.92 Å². The smallest absolute Gasteiger partial charge is 0.323 e. The van der Waals surface area contributed by atoms with Gasteiger partial charge in [0.1, 0.15) is 0 Å². The molecule has 1 heterocycles. The molecule has 0 saturated carbocycles. The largest absolute Gasteiger partial charge is 0.383 e. The van der Waals surface area contributed by atoms with Crippen molar-refractivity contribution in [3.8, 4) is 0 Å². The van der Waals surface area contributed by atoms with Crippen molar-refractivity contribution in [2.24, 2.45) is 5.92 Å². The van der Waals surface area contributed by atoms with E-state index in [0.717, 1.165) is 31.6 Å². The fourth-order valence-electron chi connectivity index (χ4n) is 3.56. The first-order valence-electron chi connectivity index (χ1n) is 10.6. The van der Waals surface area contributed by atoms with Gasteiger partial charge in [-0.25, -0.2) is 4.79 Å². The predicted molar refractivity (Wildman–Crippen MR) is 130 cm³/mol. The lowest BCUT2D eigenvalue weighted by molar-refractivity contribution is 0.0937. The first-order chi connectivity index (χ1) is 15.4. The van der Waals surface area contributed by atoms with E-state index >= 15 is 0 Å². The van der Waals surface area contributed by atoms with Gasteiger partial charge in [-0.15, -0.1) is 0 Å². The van der Waals surface area contributed by atoms with Crippen LogP contribution in [0.5, 0.6) is 0 Å². The monoisotopic (exact) mass is 478 g/mol. The summed E-state index contributed by atoms with van der Waals surface area (Å²) in [4.78, 5) is 27.6. The molecule has 1 saturated heterocycles. The highest BCUT2D eigenvalue weighted by Gasteiger charge is 2.22. The molecule has 2 aromatic rings. The maximum absolute atomic E-state index is 12.9. The Morgan fingerprint density at radius 2 is 1.84 bits per heavy atom. The molecule has 0 spiro atoms. The van der Waals surface area contributed by atoms with Crippen molar-refractivity contribution in [2.75, 3.05) is 48.9 Å². The van der Waals surface area contributed by atoms with Gasteiger partial charge in [0.2, 0.25) is 0 Å². The van der Waals surface area contributed by atoms with E-state index in [1.54, 1.807) is 37.4 Å². The summed E-state index contributed by atoms with van der Waals surface area (Å²) in [5.41, 5.74) is 2.31. The van der Waals surface area contributed by atoms with E-state index in [0.29, 0.717) is 46.1 Å². The van der Waals surface area contributed by atoms with E-state index in [1.807, 2.05) is 6.07 Å². The molecule has 0 atom stereocenters. The number of benzene rings is 2. The van der Waals surface area contributed by atoms with Crippen molar-refractivity contribution in [1.82, 2.24) is 5.32 Å². The SMILES string of the molecule is COCCNC(=O)c1cc(NC(=O)Nc2ccc(Cl)cc2Cl)ccc1N1CCC(C)CC1. The lowest BCUT2D eigenvalue weighted by Crippen LogP contribution is -2.35. The second kappa shape index (κ2) is 11.4. The number of anilines is 3. The summed E-state index contributed by atoms with van der Waals surface area (Å²) in [7, 11) is 1.59. The number of rotatable bonds is 7. The Kier molecular flexibility index (Phi) is 8.61. The maximum Gasteiger partial charge on any atom is 0.323 e. The molecule has 0 bridgehead atoms. The number of hydrogen-bond acceptors (Lipinski definition) is 4. The van der Waals surface area contributed by atoms with Gasteiger partial charge in [0, 0.05) is 43.1 Å². The van der Waals surface area contributed by atoms with Crippen LogP contribution in [0.1, 0.15) is 30.1 Å². The van der Waals surface area contributed by atoms with E-state index < -0.39 is 6.03 Å². The molecule has 0 unspecified atom stereocenters. The number of nitrogens with one attached hydrogen (secondary N) is 3. The molecule has 1 aliphatic heterocycles. The van der Waals surface area contributed by atoms with Crippen molar-refractivity contribution in [3.63, 3.8) is 0 Å². The minimum absolute atomic E-state index is 0.208. The van der Waals surface area contributed by atoms with Gasteiger partial charge in [0.05, 0.1) is 22.9 Å². The summed E-state index contributed by atoms with van der Waals surface area (Å²) in [6.45, 7) is 4.85. The summed E-state index contributed by atoms with van der Waals surface area (Å²) < 4.78 is 5.03. The van der Waals surface area contributed by atoms with Crippen LogP contribution >= 0.6 is 23.2 Å². The zero-order valence-corrected chi connectivity index (χ0v) is 19.7. The Balaban J connectivity index is 1.77. The number of piperidine rings is 1. The highest BCUT2D eigenvalue weighted by Crippen LogP contribution is 2.29. The van der Waals surface area contributed by atoms with Crippen LogP contribution < -0.4 is 20.9 Å². The average Bonchev–Trinajstić information content (AvgIpc) is 2.76. The van der Waals surface area contributed by atoms with Crippen LogP contribution in [-0.2, 0) is 4.74 Å². The van der Waals surface area contributed by atoms with Gasteiger partial charge in [-0.2, -0.15) is 0 Å². The molecule has 2 aromatic carbocycles. The van der Waals surface area contributed by atoms with Crippen molar-refractivity contribution >= 4 is 52.2 Å². The van der Waals surface area contributed by atoms with Crippen LogP contribution in [0.15, 0.2) is 36.4 Å². The standard InChI is InChI=1S/C23H28Cl2N4O3/c1-15-7-10-29(11-8-15)21-6-4-17(14-18(21)22(30)26-9-12-32-2)27-23(31)28-20-5-3-16(24)13-19(20)25/h3-6,13-15H,7-12H2,1-2H3,(H,26,30)(H2,27,28,31). The van der Waals surface area contributed by atoms with Crippen LogP contribution in [0.25, 0.3) is 0 Å². The lowest BCUT2D eigenvalue weighted by Gasteiger charge is -2.33. The van der Waals surface area contributed by atoms with Gasteiger partial charge >= 0.3 is 6.03 Å². The van der Waals surface area contributed by atoms with Crippen LogP contribution in [-0.4, -0.2) is 45.3 Å². The molecule has 3 N–H and O–H groups in total. The molecule has 172 valence electrons. The van der Waals surface area contributed by atoms with Crippen LogP contribution in [0.3, 0.4) is 0 Å². The number of nitrogens with zero attached hydrogens (tertiary/aromatic N) is 1. The number of urea groups is 1. The Morgan fingerprint density at radius 1 is 1.09 bits per heavy atom. The predicted octanol–water partition coefficient (Wildman–Crippen LogP) is 5.25. The molecule has 3 rings (SSSR count). The van der Waals surface area contributed by atoms with Gasteiger partial charge in [-0.05, 0) is 55.2 Å². The summed E-state index contributed by atoms with van der Waals surface area (Å²) in [5, 5.41) is 9.14. The fraction of sp³-hybridized carbons (Fsp3) is 0.391. The van der Waals surface area contributed by atoms with Crippen molar-refractivity contribution in [3.05, 3.63) is 52.0 Å². The molecule has 1 fully saturated rings. The van der Waals surface area contributed by atoms with E-state index in [2.05, 4.69) is 27.8 Å². The van der Waals surface area contributed by atoms with Crippen LogP contribution in [0.2, 0.25) is 10.0 Å². The third kappa shape index (κ3) is 6.51. The Labute approximate surface area is 198 Å². The number of carbonyl (C=O) groups excluding carboxylic acids is 2. The second-order valence-electron chi connectivity index (χ2n) is 7.85. The first-order valence-corrected chi connectivity index (χ1v) is 11.3. The van der Waals surface area contributed by atoms with Gasteiger partial charge < -0.3 is 25.6 Å². The van der Waals surface area contributed by atoms with Gasteiger partial charge in [0.25, 0.3) is 5.91 Å². The Bertz CT molecular complexity index is 962. The topological polar surface area (TPSA) is 82.7 Å². The second-order valence-corrected chi connectivity index (χ2v) is 8.70. The van der Waals surface area contributed by atoms with Gasteiger partial charge in [0.15, 0.2) is 0 Å². The van der Waals surface area contributed by atoms with Crippen molar-refractivity contribution < 1.29 is 14.3 Å². The van der Waals surface area contributed by atoms with E-state index in [4.69, 9.17) is 27.9 Å². The van der Waals surface area contributed by atoms with E-state index in [9.17, 15) is 9.59 Å². The zero-order valence-electron chi connectivity index (χ0n) is 18.2. The summed E-state index contributed by atoms with van der Waals surface area (Å²) in [5.74, 6) is 0.468. The summed E-state index contributed by atoms with van der Waals surface area (Å²) >= 11 is 12.0. The Morgan fingerprint density at radius 3 is 2.53 bits per heavy atom. The molecule has 32 heavy (non-hydrogen) atoms. The number of hydrogen-bond donors (Lipinski definition) is 3. The molecule has 0 aliphatic carbocycles. The number of methoxy groups -OCH3 is 1. The molecule has 1 aliphatic rings. The third-order valence-electron chi connectivity index (χ3n) is 5.39. The quantitative estimate of drug-likeness (QED) is 0.474. The number of ether oxygens (including phenoxy) is 1. The average molecular weight is 479 g/mol.